The molecule has 2 aliphatic rings. The predicted molar refractivity (Wildman–Crippen MR) is 82.5 cm³/mol. The van der Waals surface area contributed by atoms with Crippen molar-refractivity contribution in [3.63, 3.8) is 0 Å². The van der Waals surface area contributed by atoms with Crippen LogP contribution < -0.4 is 9.80 Å². The monoisotopic (exact) mass is 281 g/mol. The SMILES string of the molecule is Cc1cc(N2CCC3CN(c4ccccn4)CC32)ncn1. The Morgan fingerprint density at radius 1 is 1.10 bits per heavy atom. The van der Waals surface area contributed by atoms with Gasteiger partial charge in [0.1, 0.15) is 18.0 Å². The summed E-state index contributed by atoms with van der Waals surface area (Å²) in [6.07, 6.45) is 4.77. The molecule has 0 amide bonds. The van der Waals surface area contributed by atoms with Gasteiger partial charge >= 0.3 is 0 Å². The van der Waals surface area contributed by atoms with Crippen LogP contribution in [0.2, 0.25) is 0 Å². The molecular formula is C16H19N5. The Bertz CT molecular complexity index is 630. The van der Waals surface area contributed by atoms with Gasteiger partial charge in [0.05, 0.1) is 6.04 Å². The van der Waals surface area contributed by atoms with Gasteiger partial charge in [0.15, 0.2) is 0 Å². The van der Waals surface area contributed by atoms with Gasteiger partial charge < -0.3 is 9.80 Å². The van der Waals surface area contributed by atoms with E-state index in [9.17, 15) is 0 Å². The summed E-state index contributed by atoms with van der Waals surface area (Å²) >= 11 is 0. The zero-order valence-corrected chi connectivity index (χ0v) is 12.2. The fraction of sp³-hybridized carbons (Fsp3) is 0.438. The summed E-state index contributed by atoms with van der Waals surface area (Å²) in [6.45, 7) is 5.25. The third-order valence-electron chi connectivity index (χ3n) is 4.60. The number of hydrogen-bond donors (Lipinski definition) is 0. The summed E-state index contributed by atoms with van der Waals surface area (Å²) in [4.78, 5) is 18.0. The van der Waals surface area contributed by atoms with Crippen molar-refractivity contribution in [3.8, 4) is 0 Å². The van der Waals surface area contributed by atoms with Crippen LogP contribution in [0.1, 0.15) is 12.1 Å². The number of nitrogens with zero attached hydrogens (tertiary/aromatic N) is 5. The largest absolute Gasteiger partial charge is 0.354 e. The lowest BCUT2D eigenvalue weighted by atomic mass is 10.1. The van der Waals surface area contributed by atoms with Crippen LogP contribution in [0.15, 0.2) is 36.8 Å². The lowest BCUT2D eigenvalue weighted by molar-refractivity contribution is 0.579. The fourth-order valence-electron chi connectivity index (χ4n) is 3.57. The molecule has 0 spiro atoms. The van der Waals surface area contributed by atoms with Crippen molar-refractivity contribution in [2.24, 2.45) is 5.92 Å². The molecule has 0 aromatic carbocycles. The highest BCUT2D eigenvalue weighted by atomic mass is 15.3. The molecule has 108 valence electrons. The van der Waals surface area contributed by atoms with Crippen molar-refractivity contribution in [2.45, 2.75) is 19.4 Å². The average Bonchev–Trinajstić information content (AvgIpc) is 3.08. The van der Waals surface area contributed by atoms with Gasteiger partial charge in [-0.05, 0) is 25.5 Å². The second-order valence-corrected chi connectivity index (χ2v) is 5.92. The van der Waals surface area contributed by atoms with Crippen LogP contribution in [0, 0.1) is 12.8 Å². The molecule has 4 rings (SSSR count). The van der Waals surface area contributed by atoms with E-state index in [4.69, 9.17) is 0 Å². The van der Waals surface area contributed by atoms with Gasteiger partial charge in [-0.2, -0.15) is 0 Å². The molecule has 5 nitrogen and oxygen atoms in total. The number of fused-ring (bicyclic) bond motifs is 1. The molecule has 4 heterocycles. The molecule has 2 aliphatic heterocycles. The Morgan fingerprint density at radius 3 is 2.86 bits per heavy atom. The third-order valence-corrected chi connectivity index (χ3v) is 4.60. The maximum Gasteiger partial charge on any atom is 0.132 e. The normalized spacial score (nSPS) is 24.4. The first kappa shape index (κ1) is 12.6. The molecule has 0 N–H and O–H groups in total. The lowest BCUT2D eigenvalue weighted by Crippen LogP contribution is -2.36. The molecule has 0 radical (unpaired) electrons. The predicted octanol–water partition coefficient (Wildman–Crippen LogP) is 1.90. The average molecular weight is 281 g/mol. The zero-order chi connectivity index (χ0) is 14.2. The molecule has 21 heavy (non-hydrogen) atoms. The quantitative estimate of drug-likeness (QED) is 0.841. The Hall–Kier alpha value is -2.17. The van der Waals surface area contributed by atoms with E-state index >= 15 is 0 Å². The van der Waals surface area contributed by atoms with Gasteiger partial charge in [-0.3, -0.25) is 0 Å². The van der Waals surface area contributed by atoms with E-state index in [-0.39, 0.29) is 0 Å². The Balaban J connectivity index is 1.56. The minimum absolute atomic E-state index is 0.543. The minimum Gasteiger partial charge on any atom is -0.354 e. The fourth-order valence-corrected chi connectivity index (χ4v) is 3.57. The first-order valence-corrected chi connectivity index (χ1v) is 7.52. The van der Waals surface area contributed by atoms with Gasteiger partial charge in [0.25, 0.3) is 0 Å². The lowest BCUT2D eigenvalue weighted by Gasteiger charge is -2.26. The number of hydrogen-bond acceptors (Lipinski definition) is 5. The van der Waals surface area contributed by atoms with Gasteiger partial charge in [-0.25, -0.2) is 15.0 Å². The standard InChI is InChI=1S/C16H19N5/c1-12-8-16(19-11-18-12)21-7-5-13-9-20(10-14(13)21)15-4-2-3-6-17-15/h2-4,6,8,11,13-14H,5,7,9-10H2,1H3. The Kier molecular flexibility index (Phi) is 2.98. The van der Waals surface area contributed by atoms with E-state index in [1.54, 1.807) is 6.33 Å². The van der Waals surface area contributed by atoms with Crippen LogP contribution in [0.25, 0.3) is 0 Å². The molecule has 2 atom stereocenters. The summed E-state index contributed by atoms with van der Waals surface area (Å²) < 4.78 is 0. The van der Waals surface area contributed by atoms with E-state index in [0.29, 0.717) is 12.0 Å². The molecule has 0 aliphatic carbocycles. The van der Waals surface area contributed by atoms with E-state index in [1.807, 2.05) is 19.2 Å². The van der Waals surface area contributed by atoms with Crippen LogP contribution in [-0.4, -0.2) is 40.6 Å². The number of rotatable bonds is 2. The molecule has 2 aromatic rings. The molecule has 2 fully saturated rings. The molecule has 0 saturated carbocycles. The van der Waals surface area contributed by atoms with Crippen molar-refractivity contribution in [2.75, 3.05) is 29.4 Å². The number of aryl methyl sites for hydroxylation is 1. The van der Waals surface area contributed by atoms with Crippen LogP contribution in [0.4, 0.5) is 11.6 Å². The molecule has 0 bridgehead atoms. The van der Waals surface area contributed by atoms with Crippen LogP contribution in [0.3, 0.4) is 0 Å². The first-order valence-electron chi connectivity index (χ1n) is 7.52. The van der Waals surface area contributed by atoms with Gasteiger partial charge in [-0.15, -0.1) is 0 Å². The Morgan fingerprint density at radius 2 is 2.05 bits per heavy atom. The van der Waals surface area contributed by atoms with Gasteiger partial charge in [0, 0.05) is 43.5 Å². The summed E-state index contributed by atoms with van der Waals surface area (Å²) in [5, 5.41) is 0. The van der Waals surface area contributed by atoms with Crippen molar-refractivity contribution in [3.05, 3.63) is 42.5 Å². The maximum absolute atomic E-state index is 4.48. The highest BCUT2D eigenvalue weighted by Gasteiger charge is 2.42. The van der Waals surface area contributed by atoms with Crippen molar-refractivity contribution < 1.29 is 0 Å². The second kappa shape index (κ2) is 4.98. The van der Waals surface area contributed by atoms with Crippen LogP contribution >= 0.6 is 0 Å². The van der Waals surface area contributed by atoms with Crippen LogP contribution in [0.5, 0.6) is 0 Å². The van der Waals surface area contributed by atoms with Crippen LogP contribution in [-0.2, 0) is 0 Å². The number of aromatic nitrogens is 3. The second-order valence-electron chi connectivity index (χ2n) is 5.92. The van der Waals surface area contributed by atoms with E-state index in [2.05, 4.69) is 43.0 Å². The molecule has 2 saturated heterocycles. The number of anilines is 2. The minimum atomic E-state index is 0.543. The van der Waals surface area contributed by atoms with Crippen molar-refractivity contribution >= 4 is 11.6 Å². The van der Waals surface area contributed by atoms with Gasteiger partial charge in [0.2, 0.25) is 0 Å². The third kappa shape index (κ3) is 2.22. The first-order chi connectivity index (χ1) is 10.3. The van der Waals surface area contributed by atoms with E-state index in [1.165, 1.54) is 6.42 Å². The highest BCUT2D eigenvalue weighted by Crippen LogP contribution is 2.35. The molecule has 5 heteroatoms. The molecule has 2 aromatic heterocycles. The zero-order valence-electron chi connectivity index (χ0n) is 12.2. The maximum atomic E-state index is 4.48. The Labute approximate surface area is 124 Å². The van der Waals surface area contributed by atoms with Crippen molar-refractivity contribution in [1.29, 1.82) is 0 Å². The molecule has 2 unspecified atom stereocenters. The summed E-state index contributed by atoms with van der Waals surface area (Å²) in [5.74, 6) is 2.87. The van der Waals surface area contributed by atoms with Crippen molar-refractivity contribution in [1.82, 2.24) is 15.0 Å². The van der Waals surface area contributed by atoms with E-state index < -0.39 is 0 Å². The number of pyridine rings is 1. The smallest absolute Gasteiger partial charge is 0.132 e. The summed E-state index contributed by atoms with van der Waals surface area (Å²) in [5.41, 5.74) is 1.03. The molecular weight excluding hydrogens is 262 g/mol. The summed E-state index contributed by atoms with van der Waals surface area (Å²) in [7, 11) is 0. The van der Waals surface area contributed by atoms with E-state index in [0.717, 1.165) is 37.0 Å². The van der Waals surface area contributed by atoms with Gasteiger partial charge in [-0.1, -0.05) is 6.07 Å². The summed E-state index contributed by atoms with van der Waals surface area (Å²) in [6, 6.07) is 8.76. The highest BCUT2D eigenvalue weighted by molar-refractivity contribution is 5.47. The topological polar surface area (TPSA) is 45.2 Å².